The van der Waals surface area contributed by atoms with Crippen LogP contribution in [0.4, 0.5) is 5.69 Å². The highest BCUT2D eigenvalue weighted by Crippen LogP contribution is 2.65. The minimum Gasteiger partial charge on any atom is -0.426 e. The van der Waals surface area contributed by atoms with E-state index in [9.17, 15) is 9.59 Å². The van der Waals surface area contributed by atoms with Crippen molar-refractivity contribution in [3.8, 4) is 5.75 Å². The number of amides is 1. The van der Waals surface area contributed by atoms with Crippen molar-refractivity contribution >= 4 is 17.6 Å². The molecule has 1 heterocycles. The number of carbonyl (C=O) groups is 2. The molecule has 0 aliphatic heterocycles. The maximum atomic E-state index is 13.1. The zero-order chi connectivity index (χ0) is 18.2. The van der Waals surface area contributed by atoms with E-state index in [4.69, 9.17) is 4.74 Å². The third-order valence-electron chi connectivity index (χ3n) is 5.76. The lowest BCUT2D eigenvalue weighted by atomic mass is 9.44. The van der Waals surface area contributed by atoms with Crippen LogP contribution in [0.5, 0.6) is 5.75 Å². The maximum Gasteiger partial charge on any atom is 0.322 e. The molecule has 1 amide bonds. The van der Waals surface area contributed by atoms with E-state index in [0.29, 0.717) is 16.9 Å². The van der Waals surface area contributed by atoms with Gasteiger partial charge in [-0.05, 0) is 67.0 Å². The van der Waals surface area contributed by atoms with Gasteiger partial charge in [0.05, 0.1) is 5.41 Å². The molecular weight excluding hydrogens is 328 g/mol. The van der Waals surface area contributed by atoms with Gasteiger partial charge in [-0.2, -0.15) is 0 Å². The summed E-state index contributed by atoms with van der Waals surface area (Å²) in [7, 11) is 0. The number of nitrogens with one attached hydrogen (secondary N) is 1. The number of aromatic nitrogens is 1. The Kier molecular flexibility index (Phi) is 4.02. The lowest BCUT2D eigenvalue weighted by Crippen LogP contribution is -2.58. The van der Waals surface area contributed by atoms with Gasteiger partial charge in [-0.1, -0.05) is 12.5 Å². The van der Waals surface area contributed by atoms with Gasteiger partial charge in [0.15, 0.2) is 0 Å². The van der Waals surface area contributed by atoms with Crippen molar-refractivity contribution in [1.29, 1.82) is 0 Å². The molecule has 0 bridgehead atoms. The zero-order valence-corrected chi connectivity index (χ0v) is 14.8. The van der Waals surface area contributed by atoms with Crippen molar-refractivity contribution in [2.24, 2.45) is 5.41 Å². The molecule has 2 aromatic rings. The molecule has 1 aromatic heterocycles. The van der Waals surface area contributed by atoms with Crippen LogP contribution in [-0.4, -0.2) is 16.9 Å². The number of pyridine rings is 1. The minimum absolute atomic E-state index is 0.134. The summed E-state index contributed by atoms with van der Waals surface area (Å²) in [6, 6.07) is 10.7. The number of ether oxygens (including phenoxy) is 1. The lowest BCUT2D eigenvalue weighted by Gasteiger charge is -2.59. The summed E-state index contributed by atoms with van der Waals surface area (Å²) in [5.74, 6) is 0.141. The third kappa shape index (κ3) is 2.87. The minimum atomic E-state index is -0.592. The quantitative estimate of drug-likeness (QED) is 0.672. The first-order chi connectivity index (χ1) is 12.5. The fourth-order valence-corrected chi connectivity index (χ4v) is 4.39. The van der Waals surface area contributed by atoms with E-state index in [1.807, 2.05) is 12.1 Å². The Morgan fingerprint density at radius 3 is 2.38 bits per heavy atom. The van der Waals surface area contributed by atoms with Crippen LogP contribution < -0.4 is 10.1 Å². The van der Waals surface area contributed by atoms with E-state index >= 15 is 0 Å². The number of hydrogen-bond donors (Lipinski definition) is 1. The average molecular weight is 350 g/mol. The van der Waals surface area contributed by atoms with E-state index in [-0.39, 0.29) is 11.9 Å². The summed E-state index contributed by atoms with van der Waals surface area (Å²) < 4.78 is 5.72. The molecule has 0 radical (unpaired) electrons. The Hall–Kier alpha value is -2.69. The van der Waals surface area contributed by atoms with Crippen molar-refractivity contribution in [3.05, 3.63) is 54.4 Å². The summed E-state index contributed by atoms with van der Waals surface area (Å²) in [5, 5.41) is 2.70. The van der Waals surface area contributed by atoms with Gasteiger partial charge in [-0.3, -0.25) is 14.6 Å². The molecule has 1 aromatic carbocycles. The molecule has 0 unspecified atom stereocenters. The number of anilines is 1. The first-order valence-corrected chi connectivity index (χ1v) is 9.02. The van der Waals surface area contributed by atoms with Crippen molar-refractivity contribution in [2.75, 3.05) is 5.32 Å². The van der Waals surface area contributed by atoms with Gasteiger partial charge >= 0.3 is 5.97 Å². The number of nitrogens with zero attached hydrogens (tertiary/aromatic N) is 1. The highest BCUT2D eigenvalue weighted by atomic mass is 16.5. The standard InChI is InChI=1S/C21H22N2O3/c1-15(24)23-17-5-7-18(8-6-17)26-19(25)21(16-4-2-11-22-12-16)13-20(14-21)9-3-10-20/h2,4-8,11-12H,3,9-10,13-14H2,1H3,(H,23,24). The van der Waals surface area contributed by atoms with Crippen molar-refractivity contribution in [1.82, 2.24) is 4.98 Å². The van der Waals surface area contributed by atoms with E-state index in [1.54, 1.807) is 36.7 Å². The number of carbonyl (C=O) groups excluding carboxylic acids is 2. The van der Waals surface area contributed by atoms with Crippen molar-refractivity contribution in [2.45, 2.75) is 44.4 Å². The SMILES string of the molecule is CC(=O)Nc1ccc(OC(=O)C2(c3cccnc3)CC3(CCC3)C2)cc1. The van der Waals surface area contributed by atoms with Crippen LogP contribution >= 0.6 is 0 Å². The largest absolute Gasteiger partial charge is 0.426 e. The second-order valence-corrected chi connectivity index (χ2v) is 7.63. The van der Waals surface area contributed by atoms with Gasteiger partial charge in [-0.25, -0.2) is 0 Å². The number of benzene rings is 1. The fraction of sp³-hybridized carbons (Fsp3) is 0.381. The van der Waals surface area contributed by atoms with Gasteiger partial charge in [0.1, 0.15) is 5.75 Å². The molecule has 134 valence electrons. The first kappa shape index (κ1) is 16.8. The second kappa shape index (κ2) is 6.24. The van der Waals surface area contributed by atoms with Gasteiger partial charge in [0, 0.05) is 25.0 Å². The molecule has 0 atom stereocenters. The van der Waals surface area contributed by atoms with Crippen LogP contribution in [0.2, 0.25) is 0 Å². The summed E-state index contributed by atoms with van der Waals surface area (Å²) in [6.45, 7) is 1.46. The molecule has 26 heavy (non-hydrogen) atoms. The third-order valence-corrected chi connectivity index (χ3v) is 5.76. The van der Waals surface area contributed by atoms with Crippen LogP contribution in [0.3, 0.4) is 0 Å². The molecule has 5 nitrogen and oxygen atoms in total. The van der Waals surface area contributed by atoms with Crippen LogP contribution in [0.1, 0.15) is 44.6 Å². The Bertz CT molecular complexity index is 818. The summed E-state index contributed by atoms with van der Waals surface area (Å²) in [5.41, 5.74) is 1.35. The number of hydrogen-bond acceptors (Lipinski definition) is 4. The lowest BCUT2D eigenvalue weighted by molar-refractivity contribution is -0.157. The van der Waals surface area contributed by atoms with Gasteiger partial charge in [0.25, 0.3) is 0 Å². The van der Waals surface area contributed by atoms with Crippen molar-refractivity contribution < 1.29 is 14.3 Å². The molecule has 0 saturated heterocycles. The Balaban J connectivity index is 1.53. The van der Waals surface area contributed by atoms with E-state index in [0.717, 1.165) is 18.4 Å². The van der Waals surface area contributed by atoms with Crippen molar-refractivity contribution in [3.63, 3.8) is 0 Å². The molecule has 2 fully saturated rings. The predicted octanol–water partition coefficient (Wildman–Crippen LogP) is 3.85. The normalized spacial score (nSPS) is 19.1. The smallest absolute Gasteiger partial charge is 0.322 e. The van der Waals surface area contributed by atoms with Gasteiger partial charge < -0.3 is 10.1 Å². The fourth-order valence-electron chi connectivity index (χ4n) is 4.39. The summed E-state index contributed by atoms with van der Waals surface area (Å²) in [4.78, 5) is 28.4. The zero-order valence-electron chi connectivity index (χ0n) is 14.8. The van der Waals surface area contributed by atoms with Crippen LogP contribution in [0.25, 0.3) is 0 Å². The Labute approximate surface area is 152 Å². The van der Waals surface area contributed by atoms with Crippen LogP contribution in [-0.2, 0) is 15.0 Å². The van der Waals surface area contributed by atoms with Crippen LogP contribution in [0.15, 0.2) is 48.8 Å². The van der Waals surface area contributed by atoms with E-state index < -0.39 is 5.41 Å². The molecule has 5 heteroatoms. The summed E-state index contributed by atoms with van der Waals surface area (Å²) in [6.07, 6.45) is 8.85. The molecular formula is C21H22N2O3. The molecule has 4 rings (SSSR count). The molecule has 1 spiro atoms. The van der Waals surface area contributed by atoms with E-state index in [2.05, 4.69) is 10.3 Å². The second-order valence-electron chi connectivity index (χ2n) is 7.63. The first-order valence-electron chi connectivity index (χ1n) is 9.02. The van der Waals surface area contributed by atoms with Gasteiger partial charge in [-0.15, -0.1) is 0 Å². The molecule has 2 saturated carbocycles. The summed E-state index contributed by atoms with van der Waals surface area (Å²) >= 11 is 0. The molecule has 1 N–H and O–H groups in total. The topological polar surface area (TPSA) is 68.3 Å². The maximum absolute atomic E-state index is 13.1. The highest BCUT2D eigenvalue weighted by molar-refractivity contribution is 5.89. The van der Waals surface area contributed by atoms with Crippen LogP contribution in [0, 0.1) is 5.41 Å². The number of esters is 1. The Morgan fingerprint density at radius 2 is 1.85 bits per heavy atom. The predicted molar refractivity (Wildman–Crippen MR) is 97.8 cm³/mol. The monoisotopic (exact) mass is 350 g/mol. The number of rotatable bonds is 4. The molecule has 2 aliphatic rings. The highest BCUT2D eigenvalue weighted by Gasteiger charge is 2.62. The molecule has 2 aliphatic carbocycles. The van der Waals surface area contributed by atoms with Gasteiger partial charge in [0.2, 0.25) is 5.91 Å². The Morgan fingerprint density at radius 1 is 1.12 bits per heavy atom. The average Bonchev–Trinajstić information content (AvgIpc) is 2.55. The van der Waals surface area contributed by atoms with E-state index in [1.165, 1.54) is 26.2 Å².